The Bertz CT molecular complexity index is 584. The summed E-state index contributed by atoms with van der Waals surface area (Å²) in [6, 6.07) is 6.74. The lowest BCUT2D eigenvalue weighted by molar-refractivity contribution is 0.386. The van der Waals surface area contributed by atoms with Crippen molar-refractivity contribution < 1.29 is 13.5 Å². The third-order valence-electron chi connectivity index (χ3n) is 3.12. The zero-order chi connectivity index (χ0) is 15.2. The lowest BCUT2D eigenvalue weighted by Gasteiger charge is -2.21. The van der Waals surface area contributed by atoms with Gasteiger partial charge in [-0.3, -0.25) is 0 Å². The van der Waals surface area contributed by atoms with Crippen molar-refractivity contribution >= 4 is 0 Å². The van der Waals surface area contributed by atoms with E-state index in [1.807, 2.05) is 13.0 Å². The molecule has 1 heterocycles. The lowest BCUT2D eigenvalue weighted by Crippen LogP contribution is -2.24. The zero-order valence-corrected chi connectivity index (χ0v) is 12.1. The first-order chi connectivity index (χ1) is 10.2. The molecule has 0 saturated heterocycles. The van der Waals surface area contributed by atoms with Crippen LogP contribution in [0.5, 0.6) is 5.88 Å². The number of aromatic nitrogens is 1. The van der Waals surface area contributed by atoms with Crippen LogP contribution in [0.25, 0.3) is 0 Å². The van der Waals surface area contributed by atoms with Gasteiger partial charge in [0.05, 0.1) is 13.2 Å². The molecule has 0 aliphatic rings. The second-order valence-electron chi connectivity index (χ2n) is 4.69. The molecular formula is C16H18F2N2O. The molecule has 5 heteroatoms. The quantitative estimate of drug-likeness (QED) is 0.885. The average Bonchev–Trinajstić information content (AvgIpc) is 2.47. The number of nitrogens with zero attached hydrogens (tertiary/aromatic N) is 1. The molecule has 1 unspecified atom stereocenters. The summed E-state index contributed by atoms with van der Waals surface area (Å²) in [5.74, 6) is -0.761. The number of benzene rings is 1. The first kappa shape index (κ1) is 15.4. The van der Waals surface area contributed by atoms with Crippen LogP contribution in [0.2, 0.25) is 0 Å². The number of pyridine rings is 1. The van der Waals surface area contributed by atoms with E-state index in [0.29, 0.717) is 18.0 Å². The molecular weight excluding hydrogens is 274 g/mol. The van der Waals surface area contributed by atoms with Gasteiger partial charge in [0.25, 0.3) is 0 Å². The number of rotatable bonds is 6. The van der Waals surface area contributed by atoms with Gasteiger partial charge in [-0.05, 0) is 36.7 Å². The van der Waals surface area contributed by atoms with Crippen molar-refractivity contribution in [2.24, 2.45) is 0 Å². The van der Waals surface area contributed by atoms with Crippen LogP contribution in [-0.4, -0.2) is 18.6 Å². The fraction of sp³-hybridized carbons (Fsp3) is 0.312. The van der Waals surface area contributed by atoms with E-state index >= 15 is 0 Å². The molecule has 0 saturated carbocycles. The van der Waals surface area contributed by atoms with Crippen molar-refractivity contribution in [1.29, 1.82) is 0 Å². The normalized spacial score (nSPS) is 12.2. The molecule has 1 N–H and O–H groups in total. The Morgan fingerprint density at radius 1 is 1.24 bits per heavy atom. The topological polar surface area (TPSA) is 34.2 Å². The molecule has 1 aromatic heterocycles. The van der Waals surface area contributed by atoms with Crippen LogP contribution in [0, 0.1) is 11.6 Å². The Balaban J connectivity index is 2.46. The standard InChI is InChI=1S/C16H18F2N2O/c1-3-6-19-15(11-8-12(17)10-13(18)9-11)14-5-4-7-20-16(14)21-2/h4-5,7-10,15,19H,3,6H2,1-2H3. The molecule has 1 atom stereocenters. The highest BCUT2D eigenvalue weighted by Crippen LogP contribution is 2.29. The van der Waals surface area contributed by atoms with Gasteiger partial charge < -0.3 is 10.1 Å². The highest BCUT2D eigenvalue weighted by atomic mass is 19.1. The summed E-state index contributed by atoms with van der Waals surface area (Å²) in [7, 11) is 1.52. The van der Waals surface area contributed by atoms with Crippen LogP contribution >= 0.6 is 0 Å². The maximum Gasteiger partial charge on any atom is 0.218 e. The van der Waals surface area contributed by atoms with E-state index in [1.165, 1.54) is 19.2 Å². The van der Waals surface area contributed by atoms with Crippen LogP contribution in [0.3, 0.4) is 0 Å². The van der Waals surface area contributed by atoms with Crippen LogP contribution in [0.4, 0.5) is 8.78 Å². The van der Waals surface area contributed by atoms with Gasteiger partial charge in [-0.2, -0.15) is 0 Å². The Kier molecular flexibility index (Phi) is 5.22. The Hall–Kier alpha value is -2.01. The van der Waals surface area contributed by atoms with E-state index in [9.17, 15) is 8.78 Å². The van der Waals surface area contributed by atoms with Gasteiger partial charge in [-0.1, -0.05) is 13.0 Å². The van der Waals surface area contributed by atoms with Crippen LogP contribution in [-0.2, 0) is 0 Å². The molecule has 0 amide bonds. The van der Waals surface area contributed by atoms with E-state index in [0.717, 1.165) is 18.1 Å². The molecule has 0 aliphatic carbocycles. The van der Waals surface area contributed by atoms with Crippen LogP contribution < -0.4 is 10.1 Å². The highest BCUT2D eigenvalue weighted by molar-refractivity contribution is 5.37. The van der Waals surface area contributed by atoms with Gasteiger partial charge in [-0.25, -0.2) is 13.8 Å². The minimum atomic E-state index is -0.601. The average molecular weight is 292 g/mol. The first-order valence-corrected chi connectivity index (χ1v) is 6.84. The van der Waals surface area contributed by atoms with Crippen molar-refractivity contribution in [3.05, 3.63) is 59.3 Å². The lowest BCUT2D eigenvalue weighted by atomic mass is 9.99. The molecule has 0 bridgehead atoms. The molecule has 112 valence electrons. The molecule has 0 fully saturated rings. The number of hydrogen-bond donors (Lipinski definition) is 1. The monoisotopic (exact) mass is 292 g/mol. The summed E-state index contributed by atoms with van der Waals surface area (Å²) in [6.45, 7) is 2.73. The van der Waals surface area contributed by atoms with E-state index in [-0.39, 0.29) is 6.04 Å². The second-order valence-corrected chi connectivity index (χ2v) is 4.69. The highest BCUT2D eigenvalue weighted by Gasteiger charge is 2.19. The third kappa shape index (κ3) is 3.76. The SMILES string of the molecule is CCCNC(c1cc(F)cc(F)c1)c1cccnc1OC. The number of halogens is 2. The summed E-state index contributed by atoms with van der Waals surface area (Å²) in [5, 5.41) is 3.28. The van der Waals surface area contributed by atoms with E-state index in [2.05, 4.69) is 10.3 Å². The smallest absolute Gasteiger partial charge is 0.218 e. The van der Waals surface area contributed by atoms with Gasteiger partial charge in [-0.15, -0.1) is 0 Å². The number of nitrogens with one attached hydrogen (secondary N) is 1. The Labute approximate surface area is 123 Å². The summed E-state index contributed by atoms with van der Waals surface area (Å²) in [4.78, 5) is 4.15. The molecule has 1 aromatic carbocycles. The first-order valence-electron chi connectivity index (χ1n) is 6.84. The maximum atomic E-state index is 13.5. The van der Waals surface area contributed by atoms with Crippen LogP contribution in [0.15, 0.2) is 36.5 Å². The van der Waals surface area contributed by atoms with Gasteiger partial charge in [0.15, 0.2) is 0 Å². The van der Waals surface area contributed by atoms with Gasteiger partial charge in [0.2, 0.25) is 5.88 Å². The van der Waals surface area contributed by atoms with Gasteiger partial charge in [0.1, 0.15) is 11.6 Å². The minimum absolute atomic E-state index is 0.376. The minimum Gasteiger partial charge on any atom is -0.481 e. The molecule has 0 spiro atoms. The van der Waals surface area contributed by atoms with E-state index < -0.39 is 11.6 Å². The number of ether oxygens (including phenoxy) is 1. The fourth-order valence-corrected chi connectivity index (χ4v) is 2.23. The molecule has 21 heavy (non-hydrogen) atoms. The van der Waals surface area contributed by atoms with E-state index in [1.54, 1.807) is 12.3 Å². The number of hydrogen-bond acceptors (Lipinski definition) is 3. The van der Waals surface area contributed by atoms with E-state index in [4.69, 9.17) is 4.74 Å². The van der Waals surface area contributed by atoms with Crippen molar-refractivity contribution in [2.75, 3.05) is 13.7 Å². The Morgan fingerprint density at radius 2 is 1.95 bits per heavy atom. The predicted molar refractivity (Wildman–Crippen MR) is 77.3 cm³/mol. The third-order valence-corrected chi connectivity index (χ3v) is 3.12. The molecule has 0 aliphatic heterocycles. The summed E-state index contributed by atoms with van der Waals surface area (Å²) in [5.41, 5.74) is 1.26. The molecule has 2 aromatic rings. The van der Waals surface area contributed by atoms with Gasteiger partial charge in [0, 0.05) is 17.8 Å². The number of methoxy groups -OCH3 is 1. The molecule has 0 radical (unpaired) electrons. The van der Waals surface area contributed by atoms with Gasteiger partial charge >= 0.3 is 0 Å². The summed E-state index contributed by atoms with van der Waals surface area (Å²) < 4.78 is 32.2. The summed E-state index contributed by atoms with van der Waals surface area (Å²) >= 11 is 0. The molecule has 3 nitrogen and oxygen atoms in total. The largest absolute Gasteiger partial charge is 0.481 e. The zero-order valence-electron chi connectivity index (χ0n) is 12.1. The van der Waals surface area contributed by atoms with Crippen molar-refractivity contribution in [3.8, 4) is 5.88 Å². The predicted octanol–water partition coefficient (Wildman–Crippen LogP) is 3.46. The van der Waals surface area contributed by atoms with Crippen LogP contribution in [0.1, 0.15) is 30.5 Å². The second kappa shape index (κ2) is 7.13. The maximum absolute atomic E-state index is 13.5. The van der Waals surface area contributed by atoms with Crippen molar-refractivity contribution in [3.63, 3.8) is 0 Å². The molecule has 2 rings (SSSR count). The summed E-state index contributed by atoms with van der Waals surface area (Å²) in [6.07, 6.45) is 2.52. The Morgan fingerprint density at radius 3 is 2.57 bits per heavy atom. The van der Waals surface area contributed by atoms with Crippen molar-refractivity contribution in [2.45, 2.75) is 19.4 Å². The van der Waals surface area contributed by atoms with Crippen molar-refractivity contribution in [1.82, 2.24) is 10.3 Å². The fourth-order valence-electron chi connectivity index (χ4n) is 2.23.